The molecule has 1 aliphatic carbocycles. The van der Waals surface area contributed by atoms with Crippen molar-refractivity contribution in [1.29, 1.82) is 0 Å². The number of rotatable bonds is 4. The number of carbonyl (C=O) groups is 1. The minimum atomic E-state index is -0.142. The van der Waals surface area contributed by atoms with Crippen molar-refractivity contribution in [1.82, 2.24) is 5.32 Å². The van der Waals surface area contributed by atoms with Crippen molar-refractivity contribution in [2.75, 3.05) is 11.9 Å². The lowest BCUT2D eigenvalue weighted by Crippen LogP contribution is -2.34. The highest BCUT2D eigenvalue weighted by atomic mass is 35.5. The Hall–Kier alpha value is -1.03. The number of hydrogen-bond acceptors (Lipinski definition) is 2. The van der Waals surface area contributed by atoms with Gasteiger partial charge < -0.3 is 10.6 Å². The smallest absolute Gasteiger partial charge is 0.238 e. The van der Waals surface area contributed by atoms with Crippen LogP contribution in [0, 0.1) is 0 Å². The summed E-state index contributed by atoms with van der Waals surface area (Å²) in [6.07, 6.45) is 6.17. The normalized spacial score (nSPS) is 15.0. The van der Waals surface area contributed by atoms with Crippen LogP contribution in [0.4, 0.5) is 5.69 Å². The minimum absolute atomic E-state index is 0.142. The lowest BCUT2D eigenvalue weighted by Gasteiger charge is -2.13. The van der Waals surface area contributed by atoms with E-state index in [0.717, 1.165) is 12.8 Å². The Morgan fingerprint density at radius 1 is 1.22 bits per heavy atom. The van der Waals surface area contributed by atoms with Crippen LogP contribution >= 0.6 is 23.2 Å². The van der Waals surface area contributed by atoms with Gasteiger partial charge in [-0.25, -0.2) is 0 Å². The summed E-state index contributed by atoms with van der Waals surface area (Å²) in [4.78, 5) is 11.8. The van der Waals surface area contributed by atoms with Crippen LogP contribution in [0.3, 0.4) is 0 Å². The number of para-hydroxylation sites is 1. The number of carbonyl (C=O) groups excluding carboxylic acids is 1. The molecule has 2 rings (SSSR count). The van der Waals surface area contributed by atoms with E-state index < -0.39 is 0 Å². The molecule has 0 heterocycles. The number of halogens is 2. The summed E-state index contributed by atoms with van der Waals surface area (Å²) in [7, 11) is 0. The SMILES string of the molecule is O=C(CNC1CC=CC1)Nc1c(Cl)cccc1Cl. The maximum absolute atomic E-state index is 11.8. The summed E-state index contributed by atoms with van der Waals surface area (Å²) in [6, 6.07) is 5.48. The molecule has 0 atom stereocenters. The van der Waals surface area contributed by atoms with Crippen molar-refractivity contribution in [3.05, 3.63) is 40.4 Å². The Balaban J connectivity index is 1.87. The summed E-state index contributed by atoms with van der Waals surface area (Å²) in [5, 5.41) is 6.78. The lowest BCUT2D eigenvalue weighted by molar-refractivity contribution is -0.115. The van der Waals surface area contributed by atoms with E-state index in [1.807, 2.05) is 0 Å². The third kappa shape index (κ3) is 3.48. The molecule has 2 N–H and O–H groups in total. The Labute approximate surface area is 116 Å². The molecule has 0 saturated heterocycles. The molecule has 96 valence electrons. The summed E-state index contributed by atoms with van der Waals surface area (Å²) >= 11 is 11.9. The minimum Gasteiger partial charge on any atom is -0.322 e. The average molecular weight is 285 g/mol. The molecule has 0 aliphatic heterocycles. The maximum atomic E-state index is 11.8. The van der Waals surface area contributed by atoms with E-state index in [-0.39, 0.29) is 12.5 Å². The fraction of sp³-hybridized carbons (Fsp3) is 0.308. The van der Waals surface area contributed by atoms with Crippen LogP contribution in [0.5, 0.6) is 0 Å². The third-order valence-electron chi connectivity index (χ3n) is 2.79. The second-order valence-electron chi connectivity index (χ2n) is 4.17. The van der Waals surface area contributed by atoms with Gasteiger partial charge in [-0.1, -0.05) is 41.4 Å². The van der Waals surface area contributed by atoms with Gasteiger partial charge >= 0.3 is 0 Å². The molecular formula is C13H14Cl2N2O. The zero-order valence-electron chi connectivity index (χ0n) is 9.75. The van der Waals surface area contributed by atoms with Gasteiger partial charge in [0.25, 0.3) is 0 Å². The molecule has 1 amide bonds. The van der Waals surface area contributed by atoms with E-state index in [2.05, 4.69) is 22.8 Å². The van der Waals surface area contributed by atoms with Crippen LogP contribution in [0.25, 0.3) is 0 Å². The van der Waals surface area contributed by atoms with Crippen LogP contribution in [-0.2, 0) is 4.79 Å². The first-order valence-electron chi connectivity index (χ1n) is 5.79. The molecule has 1 aromatic carbocycles. The lowest BCUT2D eigenvalue weighted by atomic mass is 10.2. The first-order chi connectivity index (χ1) is 8.66. The first-order valence-corrected chi connectivity index (χ1v) is 6.54. The van der Waals surface area contributed by atoms with Crippen LogP contribution in [0.2, 0.25) is 10.0 Å². The van der Waals surface area contributed by atoms with E-state index in [1.54, 1.807) is 18.2 Å². The van der Waals surface area contributed by atoms with Crippen molar-refractivity contribution >= 4 is 34.8 Å². The predicted molar refractivity (Wildman–Crippen MR) is 75.3 cm³/mol. The fourth-order valence-corrected chi connectivity index (χ4v) is 2.31. The summed E-state index contributed by atoms with van der Waals surface area (Å²) in [6.45, 7) is 0.258. The first kappa shape index (κ1) is 13.4. The second-order valence-corrected chi connectivity index (χ2v) is 4.98. The van der Waals surface area contributed by atoms with E-state index in [4.69, 9.17) is 23.2 Å². The molecule has 0 radical (unpaired) electrons. The summed E-state index contributed by atoms with van der Waals surface area (Å²) in [5.74, 6) is -0.142. The molecule has 18 heavy (non-hydrogen) atoms. The van der Waals surface area contributed by atoms with Gasteiger partial charge in [0.2, 0.25) is 5.91 Å². The van der Waals surface area contributed by atoms with E-state index in [0.29, 0.717) is 21.8 Å². The molecule has 5 heteroatoms. The molecule has 1 aliphatic rings. The Morgan fingerprint density at radius 3 is 2.44 bits per heavy atom. The summed E-state index contributed by atoms with van der Waals surface area (Å²) in [5.41, 5.74) is 0.470. The molecule has 0 fully saturated rings. The molecule has 0 bridgehead atoms. The van der Waals surface area contributed by atoms with Gasteiger partial charge in [0.15, 0.2) is 0 Å². The Bertz CT molecular complexity index is 446. The van der Waals surface area contributed by atoms with Crippen molar-refractivity contribution in [3.63, 3.8) is 0 Å². The largest absolute Gasteiger partial charge is 0.322 e. The summed E-state index contributed by atoms with van der Waals surface area (Å²) < 4.78 is 0. The average Bonchev–Trinajstić information content (AvgIpc) is 2.84. The van der Waals surface area contributed by atoms with Gasteiger partial charge in [-0.05, 0) is 25.0 Å². The second kappa shape index (κ2) is 6.23. The topological polar surface area (TPSA) is 41.1 Å². The van der Waals surface area contributed by atoms with Gasteiger partial charge in [0.1, 0.15) is 0 Å². The van der Waals surface area contributed by atoms with Gasteiger partial charge in [0, 0.05) is 6.04 Å². The van der Waals surface area contributed by atoms with Crippen molar-refractivity contribution < 1.29 is 4.79 Å². The quantitative estimate of drug-likeness (QED) is 0.834. The molecule has 0 spiro atoms. The molecule has 3 nitrogen and oxygen atoms in total. The van der Waals surface area contributed by atoms with Crippen molar-refractivity contribution in [2.24, 2.45) is 0 Å². The van der Waals surface area contributed by atoms with E-state index >= 15 is 0 Å². The predicted octanol–water partition coefficient (Wildman–Crippen LogP) is 3.24. The number of nitrogens with one attached hydrogen (secondary N) is 2. The molecule has 0 saturated carbocycles. The zero-order chi connectivity index (χ0) is 13.0. The Kier molecular flexibility index (Phi) is 4.64. The standard InChI is InChI=1S/C13H14Cl2N2O/c14-10-6-3-7-11(15)13(10)17-12(18)8-16-9-4-1-2-5-9/h1-3,6-7,9,16H,4-5,8H2,(H,17,18). The number of amides is 1. The number of benzene rings is 1. The van der Waals surface area contributed by atoms with Crippen LogP contribution in [0.1, 0.15) is 12.8 Å². The van der Waals surface area contributed by atoms with Crippen LogP contribution < -0.4 is 10.6 Å². The zero-order valence-corrected chi connectivity index (χ0v) is 11.3. The van der Waals surface area contributed by atoms with Crippen LogP contribution in [-0.4, -0.2) is 18.5 Å². The monoisotopic (exact) mass is 284 g/mol. The van der Waals surface area contributed by atoms with Gasteiger partial charge in [-0.3, -0.25) is 4.79 Å². The molecule has 1 aromatic rings. The van der Waals surface area contributed by atoms with Crippen molar-refractivity contribution in [3.8, 4) is 0 Å². The van der Waals surface area contributed by atoms with Gasteiger partial charge in [0.05, 0.1) is 22.3 Å². The fourth-order valence-electron chi connectivity index (χ4n) is 1.82. The molecular weight excluding hydrogens is 271 g/mol. The number of hydrogen-bond donors (Lipinski definition) is 2. The molecule has 0 unspecified atom stereocenters. The van der Waals surface area contributed by atoms with Gasteiger partial charge in [-0.2, -0.15) is 0 Å². The third-order valence-corrected chi connectivity index (χ3v) is 3.42. The van der Waals surface area contributed by atoms with Gasteiger partial charge in [-0.15, -0.1) is 0 Å². The Morgan fingerprint density at radius 2 is 1.83 bits per heavy atom. The molecule has 0 aromatic heterocycles. The maximum Gasteiger partial charge on any atom is 0.238 e. The van der Waals surface area contributed by atoms with Crippen LogP contribution in [0.15, 0.2) is 30.4 Å². The highest BCUT2D eigenvalue weighted by Crippen LogP contribution is 2.29. The highest BCUT2D eigenvalue weighted by Gasteiger charge is 2.13. The van der Waals surface area contributed by atoms with E-state index in [1.165, 1.54) is 0 Å². The number of anilines is 1. The van der Waals surface area contributed by atoms with E-state index in [9.17, 15) is 4.79 Å². The highest BCUT2D eigenvalue weighted by molar-refractivity contribution is 6.39. The van der Waals surface area contributed by atoms with Crippen molar-refractivity contribution in [2.45, 2.75) is 18.9 Å².